The van der Waals surface area contributed by atoms with Crippen LogP contribution in [0, 0.1) is 5.92 Å². The highest BCUT2D eigenvalue weighted by Crippen LogP contribution is 2.07. The van der Waals surface area contributed by atoms with E-state index >= 15 is 0 Å². The van der Waals surface area contributed by atoms with Crippen molar-refractivity contribution in [1.29, 1.82) is 0 Å². The fraction of sp³-hybridized carbons (Fsp3) is 0.591. The molecular weight excluding hydrogens is 500 g/mol. The Hall–Kier alpha value is -4.21. The van der Waals surface area contributed by atoms with Gasteiger partial charge < -0.3 is 49.0 Å². The number of H-pyrrole nitrogens is 1. The number of nitrogens with one attached hydrogen (secondary N) is 4. The molecular formula is C22H38N10O6. The fourth-order valence-electron chi connectivity index (χ4n) is 3.44. The van der Waals surface area contributed by atoms with E-state index in [4.69, 9.17) is 22.9 Å². The first-order valence-corrected chi connectivity index (χ1v) is 12.0. The Kier molecular flexibility index (Phi) is 13.2. The van der Waals surface area contributed by atoms with Gasteiger partial charge in [-0.15, -0.1) is 0 Å². The van der Waals surface area contributed by atoms with Crippen molar-refractivity contribution < 1.29 is 29.1 Å². The molecule has 0 aliphatic heterocycles. The van der Waals surface area contributed by atoms with Gasteiger partial charge in [0, 0.05) is 24.9 Å². The number of nitrogens with zero attached hydrogens (tertiary/aromatic N) is 2. The summed E-state index contributed by atoms with van der Waals surface area (Å²) in [5.41, 5.74) is 22.2. The summed E-state index contributed by atoms with van der Waals surface area (Å²) in [7, 11) is 0. The molecule has 13 N–H and O–H groups in total. The van der Waals surface area contributed by atoms with E-state index in [0.29, 0.717) is 18.5 Å². The molecule has 1 aromatic heterocycles. The number of rotatable bonds is 17. The van der Waals surface area contributed by atoms with E-state index in [0.717, 1.165) is 0 Å². The van der Waals surface area contributed by atoms with Crippen LogP contribution in [0.15, 0.2) is 17.5 Å². The van der Waals surface area contributed by atoms with Crippen LogP contribution in [0.2, 0.25) is 0 Å². The zero-order chi connectivity index (χ0) is 28.8. The highest BCUT2D eigenvalue weighted by Gasteiger charge is 2.31. The Morgan fingerprint density at radius 3 is 2.13 bits per heavy atom. The molecule has 1 aromatic rings. The van der Waals surface area contributed by atoms with E-state index in [9.17, 15) is 29.1 Å². The summed E-state index contributed by atoms with van der Waals surface area (Å²) < 4.78 is 0. The van der Waals surface area contributed by atoms with Crippen LogP contribution in [0.5, 0.6) is 0 Å². The van der Waals surface area contributed by atoms with Crippen molar-refractivity contribution in [2.45, 2.75) is 70.1 Å². The highest BCUT2D eigenvalue weighted by molar-refractivity contribution is 5.95. The number of aromatic nitrogens is 2. The molecule has 0 saturated carbocycles. The van der Waals surface area contributed by atoms with Gasteiger partial charge in [0.2, 0.25) is 23.6 Å². The number of imidazole rings is 1. The predicted octanol–water partition coefficient (Wildman–Crippen LogP) is -3.21. The summed E-state index contributed by atoms with van der Waals surface area (Å²) in [6, 6.07) is -4.87. The Bertz CT molecular complexity index is 977. The third kappa shape index (κ3) is 12.2. The van der Waals surface area contributed by atoms with Crippen LogP contribution in [0.4, 0.5) is 0 Å². The second-order valence-corrected chi connectivity index (χ2v) is 9.16. The molecule has 0 radical (unpaired) electrons. The number of primary amides is 1. The molecule has 0 saturated heterocycles. The smallest absolute Gasteiger partial charge is 0.326 e. The minimum atomic E-state index is -1.61. The zero-order valence-electron chi connectivity index (χ0n) is 21.5. The molecule has 4 unspecified atom stereocenters. The largest absolute Gasteiger partial charge is 0.480 e. The Balaban J connectivity index is 3.11. The molecule has 0 fully saturated rings. The molecule has 4 atom stereocenters. The maximum atomic E-state index is 13.2. The lowest BCUT2D eigenvalue weighted by atomic mass is 10.0. The standard InChI is InChI=1S/C22H38N10O6/c1-11(2)6-13(23)18(34)30-14(4-3-5-28-22(25)26)19(35)31-15(7-12-9-27-10-29-12)20(36)32-16(21(37)38)8-17(24)33/h9-11,13-16H,3-8,23H2,1-2H3,(H2,24,33)(H,27,29)(H,30,34)(H,31,35)(H,32,36)(H,37,38)(H4,25,26,28). The Morgan fingerprint density at radius 1 is 1.00 bits per heavy atom. The number of hydrogen-bond acceptors (Lipinski definition) is 8. The first kappa shape index (κ1) is 31.8. The van der Waals surface area contributed by atoms with E-state index in [2.05, 4.69) is 30.9 Å². The number of aliphatic imine (C=N–C) groups is 1. The maximum Gasteiger partial charge on any atom is 0.326 e. The van der Waals surface area contributed by atoms with Gasteiger partial charge in [-0.1, -0.05) is 13.8 Å². The van der Waals surface area contributed by atoms with E-state index in [1.807, 2.05) is 13.8 Å². The molecule has 212 valence electrons. The fourth-order valence-corrected chi connectivity index (χ4v) is 3.44. The minimum absolute atomic E-state index is 0.0952. The van der Waals surface area contributed by atoms with Crippen molar-refractivity contribution in [3.8, 4) is 0 Å². The summed E-state index contributed by atoms with van der Waals surface area (Å²) in [5, 5.41) is 16.7. The Morgan fingerprint density at radius 2 is 1.61 bits per heavy atom. The third-order valence-corrected chi connectivity index (χ3v) is 5.27. The van der Waals surface area contributed by atoms with Crippen LogP contribution in [0.1, 0.15) is 45.2 Å². The van der Waals surface area contributed by atoms with Gasteiger partial charge in [0.25, 0.3) is 0 Å². The molecule has 0 aliphatic carbocycles. The van der Waals surface area contributed by atoms with Crippen molar-refractivity contribution in [3.05, 3.63) is 18.2 Å². The van der Waals surface area contributed by atoms with Crippen LogP contribution in [-0.2, 0) is 30.4 Å². The quantitative estimate of drug-likeness (QED) is 0.0543. The van der Waals surface area contributed by atoms with Gasteiger partial charge in [0.1, 0.15) is 18.1 Å². The van der Waals surface area contributed by atoms with Crippen molar-refractivity contribution >= 4 is 35.6 Å². The van der Waals surface area contributed by atoms with Gasteiger partial charge in [-0.05, 0) is 25.2 Å². The topological polar surface area (TPSA) is 287 Å². The number of aromatic amines is 1. The monoisotopic (exact) mass is 538 g/mol. The first-order valence-electron chi connectivity index (χ1n) is 12.0. The number of amides is 4. The lowest BCUT2D eigenvalue weighted by Gasteiger charge is -2.25. The number of carboxylic acid groups (broad SMARTS) is 1. The molecule has 38 heavy (non-hydrogen) atoms. The third-order valence-electron chi connectivity index (χ3n) is 5.27. The van der Waals surface area contributed by atoms with Crippen molar-refractivity contribution in [2.24, 2.45) is 33.8 Å². The Labute approximate surface area is 219 Å². The average Bonchev–Trinajstić information content (AvgIpc) is 3.32. The van der Waals surface area contributed by atoms with Gasteiger partial charge >= 0.3 is 5.97 Å². The van der Waals surface area contributed by atoms with E-state index in [1.54, 1.807) is 0 Å². The normalized spacial score (nSPS) is 14.0. The molecule has 0 bridgehead atoms. The van der Waals surface area contributed by atoms with Crippen molar-refractivity contribution in [1.82, 2.24) is 25.9 Å². The SMILES string of the molecule is CC(C)CC(N)C(=O)NC(CCCN=C(N)N)C(=O)NC(Cc1cnc[nH]1)C(=O)NC(CC(N)=O)C(=O)O. The van der Waals surface area contributed by atoms with Gasteiger partial charge in [-0.2, -0.15) is 0 Å². The van der Waals surface area contributed by atoms with E-state index in [-0.39, 0.29) is 31.3 Å². The van der Waals surface area contributed by atoms with Crippen molar-refractivity contribution in [2.75, 3.05) is 6.54 Å². The number of guanidine groups is 1. The van der Waals surface area contributed by atoms with Crippen LogP contribution in [0.25, 0.3) is 0 Å². The lowest BCUT2D eigenvalue weighted by molar-refractivity contribution is -0.143. The van der Waals surface area contributed by atoms with Gasteiger partial charge in [0.15, 0.2) is 5.96 Å². The summed E-state index contributed by atoms with van der Waals surface area (Å²) >= 11 is 0. The predicted molar refractivity (Wildman–Crippen MR) is 137 cm³/mol. The van der Waals surface area contributed by atoms with Crippen LogP contribution < -0.4 is 38.9 Å². The molecule has 16 heteroatoms. The number of carbonyl (C=O) groups excluding carboxylic acids is 4. The van der Waals surface area contributed by atoms with Gasteiger partial charge in [-0.3, -0.25) is 24.2 Å². The second kappa shape index (κ2) is 15.8. The molecule has 16 nitrogen and oxygen atoms in total. The molecule has 0 aliphatic rings. The molecule has 0 spiro atoms. The summed E-state index contributed by atoms with van der Waals surface area (Å²) in [5.74, 6) is -4.57. The summed E-state index contributed by atoms with van der Waals surface area (Å²) in [6.45, 7) is 3.98. The van der Waals surface area contributed by atoms with Gasteiger partial charge in [0.05, 0.1) is 18.8 Å². The average molecular weight is 539 g/mol. The first-order chi connectivity index (χ1) is 17.8. The number of carboxylic acids is 1. The number of aliphatic carboxylic acids is 1. The molecule has 0 aromatic carbocycles. The van der Waals surface area contributed by atoms with Crippen LogP contribution in [-0.4, -0.2) is 81.3 Å². The van der Waals surface area contributed by atoms with Gasteiger partial charge in [-0.25, -0.2) is 9.78 Å². The number of nitrogens with two attached hydrogens (primary N) is 4. The number of carbonyl (C=O) groups is 5. The lowest BCUT2D eigenvalue weighted by Crippen LogP contribution is -2.58. The second-order valence-electron chi connectivity index (χ2n) is 9.16. The highest BCUT2D eigenvalue weighted by atomic mass is 16.4. The van der Waals surface area contributed by atoms with Crippen LogP contribution >= 0.6 is 0 Å². The molecule has 4 amide bonds. The van der Waals surface area contributed by atoms with E-state index in [1.165, 1.54) is 12.5 Å². The van der Waals surface area contributed by atoms with Crippen LogP contribution in [0.3, 0.4) is 0 Å². The maximum absolute atomic E-state index is 13.2. The number of hydrogen-bond donors (Lipinski definition) is 9. The summed E-state index contributed by atoms with van der Waals surface area (Å²) in [6.07, 6.45) is 2.85. The summed E-state index contributed by atoms with van der Waals surface area (Å²) in [4.78, 5) is 72.1. The minimum Gasteiger partial charge on any atom is -0.480 e. The van der Waals surface area contributed by atoms with E-state index < -0.39 is 60.2 Å². The zero-order valence-corrected chi connectivity index (χ0v) is 21.5. The molecule has 1 rings (SSSR count). The van der Waals surface area contributed by atoms with Crippen molar-refractivity contribution in [3.63, 3.8) is 0 Å². The molecule has 1 heterocycles.